The van der Waals surface area contributed by atoms with E-state index in [2.05, 4.69) is 25.2 Å². The molecule has 5 heterocycles. The minimum atomic E-state index is -4.65. The fourth-order valence-electron chi connectivity index (χ4n) is 5.72. The van der Waals surface area contributed by atoms with Crippen LogP contribution >= 0.6 is 0 Å². The Labute approximate surface area is 220 Å². The Morgan fingerprint density at radius 1 is 1.16 bits per heavy atom. The summed E-state index contributed by atoms with van der Waals surface area (Å²) in [5.74, 6) is 0.995. The van der Waals surface area contributed by atoms with E-state index in [1.54, 1.807) is 0 Å². The molecule has 2 aromatic heterocycles. The molecule has 1 unspecified atom stereocenters. The number of rotatable bonds is 7. The summed E-state index contributed by atoms with van der Waals surface area (Å²) in [6.45, 7) is 6.90. The third-order valence-electron chi connectivity index (χ3n) is 7.79. The largest absolute Gasteiger partial charge is 0.477 e. The predicted octanol–water partition coefficient (Wildman–Crippen LogP) is 4.55. The van der Waals surface area contributed by atoms with Crippen LogP contribution in [0, 0.1) is 23.2 Å². The summed E-state index contributed by atoms with van der Waals surface area (Å²) >= 11 is 0. The minimum absolute atomic E-state index is 0.0113. The van der Waals surface area contributed by atoms with Gasteiger partial charge in [0.05, 0.1) is 12.3 Å². The summed E-state index contributed by atoms with van der Waals surface area (Å²) in [4.78, 5) is 15.1. The van der Waals surface area contributed by atoms with Crippen molar-refractivity contribution >= 4 is 5.82 Å². The number of aromatic nitrogens is 3. The highest BCUT2D eigenvalue weighted by atomic mass is 19.4. The molecule has 0 radical (unpaired) electrons. The maximum absolute atomic E-state index is 14.1. The summed E-state index contributed by atoms with van der Waals surface area (Å²) in [6, 6.07) is 3.03. The summed E-state index contributed by atoms with van der Waals surface area (Å²) in [7, 11) is 0. The molecule has 204 valence electrons. The second kappa shape index (κ2) is 11.4. The molecule has 2 aromatic rings. The maximum atomic E-state index is 14.1. The summed E-state index contributed by atoms with van der Waals surface area (Å²) in [6.07, 6.45) is 1.28. The zero-order valence-electron chi connectivity index (χ0n) is 21.6. The summed E-state index contributed by atoms with van der Waals surface area (Å²) < 4.78 is 53.4. The molecule has 0 aromatic carbocycles. The third-order valence-corrected chi connectivity index (χ3v) is 7.79. The normalized spacial score (nSPS) is 20.8. The van der Waals surface area contributed by atoms with Crippen molar-refractivity contribution in [2.75, 3.05) is 50.9 Å². The van der Waals surface area contributed by atoms with Gasteiger partial charge in [-0.2, -0.15) is 18.4 Å². The summed E-state index contributed by atoms with van der Waals surface area (Å²) in [5.41, 5.74) is 0.354. The highest BCUT2D eigenvalue weighted by Gasteiger charge is 2.38. The Morgan fingerprint density at radius 2 is 1.92 bits per heavy atom. The number of nitrogens with zero attached hydrogens (tertiary/aromatic N) is 5. The Morgan fingerprint density at radius 3 is 2.63 bits per heavy atom. The first-order valence-corrected chi connectivity index (χ1v) is 13.4. The van der Waals surface area contributed by atoms with Gasteiger partial charge in [-0.15, -0.1) is 0 Å². The van der Waals surface area contributed by atoms with Crippen LogP contribution in [0.5, 0.6) is 5.88 Å². The number of nitriles is 1. The van der Waals surface area contributed by atoms with E-state index in [4.69, 9.17) is 9.47 Å². The fourth-order valence-corrected chi connectivity index (χ4v) is 5.72. The van der Waals surface area contributed by atoms with E-state index in [0.29, 0.717) is 36.3 Å². The van der Waals surface area contributed by atoms with Crippen LogP contribution in [0.4, 0.5) is 19.0 Å². The number of hydrogen-bond acceptors (Lipinski definition) is 8. The Balaban J connectivity index is 1.44. The molecule has 0 saturated carbocycles. The molecular weight excluding hydrogens is 497 g/mol. The molecule has 11 heteroatoms. The smallest absolute Gasteiger partial charge is 0.421 e. The number of anilines is 1. The van der Waals surface area contributed by atoms with E-state index in [1.807, 2.05) is 13.0 Å². The molecule has 2 fully saturated rings. The van der Waals surface area contributed by atoms with Crippen LogP contribution in [0.25, 0.3) is 11.3 Å². The van der Waals surface area contributed by atoms with Gasteiger partial charge in [-0.3, -0.25) is 0 Å². The number of fused-ring (bicyclic) bond motifs is 1. The highest BCUT2D eigenvalue weighted by molar-refractivity contribution is 5.73. The van der Waals surface area contributed by atoms with Crippen molar-refractivity contribution in [1.82, 2.24) is 20.3 Å². The Hall–Kier alpha value is -2.97. The second-order valence-electron chi connectivity index (χ2n) is 10.5. The number of ether oxygens (including phenoxy) is 2. The lowest BCUT2D eigenvalue weighted by Crippen LogP contribution is -2.32. The van der Waals surface area contributed by atoms with Gasteiger partial charge in [0.1, 0.15) is 17.5 Å². The molecule has 0 amide bonds. The van der Waals surface area contributed by atoms with Crippen LogP contribution in [-0.4, -0.2) is 61.0 Å². The minimum Gasteiger partial charge on any atom is -0.477 e. The molecule has 0 spiro atoms. The van der Waals surface area contributed by atoms with E-state index in [9.17, 15) is 18.4 Å². The van der Waals surface area contributed by atoms with Gasteiger partial charge in [0, 0.05) is 49.5 Å². The second-order valence-corrected chi connectivity index (χ2v) is 10.5. The standard InChI is InChI=1S/C27H33F3N6O2/c1-17-15-36(16-19-4-9-37-10-5-19)25-23(17)24(34-22(13-31)35-25)20-12-21(27(28,29)30)26(33-14-20)38-11-6-18-2-7-32-8-3-18/h12,14,17-19,32H,2-11,15-16H2,1H3. The monoisotopic (exact) mass is 530 g/mol. The Bertz CT molecular complexity index is 1170. The molecule has 8 nitrogen and oxygen atoms in total. The van der Waals surface area contributed by atoms with Crippen molar-refractivity contribution in [3.8, 4) is 23.2 Å². The number of hydrogen-bond donors (Lipinski definition) is 1. The maximum Gasteiger partial charge on any atom is 0.421 e. The zero-order chi connectivity index (χ0) is 26.7. The predicted molar refractivity (Wildman–Crippen MR) is 135 cm³/mol. The first-order chi connectivity index (χ1) is 18.3. The molecule has 1 atom stereocenters. The van der Waals surface area contributed by atoms with E-state index in [-0.39, 0.29) is 23.9 Å². The van der Waals surface area contributed by atoms with E-state index in [1.165, 1.54) is 6.20 Å². The van der Waals surface area contributed by atoms with Gasteiger partial charge < -0.3 is 19.7 Å². The lowest BCUT2D eigenvalue weighted by molar-refractivity contribution is -0.139. The lowest BCUT2D eigenvalue weighted by atomic mass is 9.95. The van der Waals surface area contributed by atoms with Crippen molar-refractivity contribution in [3.05, 3.63) is 29.2 Å². The molecule has 1 N–H and O–H groups in total. The lowest BCUT2D eigenvalue weighted by Gasteiger charge is -2.28. The third kappa shape index (κ3) is 5.86. The quantitative estimate of drug-likeness (QED) is 0.557. The van der Waals surface area contributed by atoms with Crippen LogP contribution in [0.1, 0.15) is 61.9 Å². The van der Waals surface area contributed by atoms with Crippen LogP contribution in [-0.2, 0) is 10.9 Å². The molecule has 38 heavy (non-hydrogen) atoms. The van der Waals surface area contributed by atoms with Crippen molar-refractivity contribution in [1.29, 1.82) is 5.26 Å². The summed E-state index contributed by atoms with van der Waals surface area (Å²) in [5, 5.41) is 12.9. The average Bonchev–Trinajstić information content (AvgIpc) is 3.23. The molecule has 0 aliphatic carbocycles. The molecule has 3 aliphatic heterocycles. The van der Waals surface area contributed by atoms with Crippen molar-refractivity contribution in [2.24, 2.45) is 11.8 Å². The molecular formula is C27H33F3N6O2. The van der Waals surface area contributed by atoms with Gasteiger partial charge in [0.2, 0.25) is 11.7 Å². The van der Waals surface area contributed by atoms with E-state index in [0.717, 1.165) is 70.2 Å². The van der Waals surface area contributed by atoms with Crippen molar-refractivity contribution < 1.29 is 22.6 Å². The number of piperidine rings is 1. The van der Waals surface area contributed by atoms with E-state index < -0.39 is 17.6 Å². The van der Waals surface area contributed by atoms with E-state index >= 15 is 0 Å². The SMILES string of the molecule is CC1CN(CC2CCOCC2)c2nc(C#N)nc(-c3cnc(OCCC4CCNCC4)c(C(F)(F)F)c3)c21. The van der Waals surface area contributed by atoms with Crippen LogP contribution < -0.4 is 15.0 Å². The molecule has 5 rings (SSSR count). The van der Waals surface area contributed by atoms with Gasteiger partial charge in [-0.05, 0) is 63.1 Å². The van der Waals surface area contributed by atoms with Gasteiger partial charge in [-0.1, -0.05) is 6.92 Å². The van der Waals surface area contributed by atoms with Gasteiger partial charge in [-0.25, -0.2) is 15.0 Å². The van der Waals surface area contributed by atoms with Gasteiger partial charge in [0.15, 0.2) is 0 Å². The number of pyridine rings is 1. The molecule has 3 aliphatic rings. The van der Waals surface area contributed by atoms with Crippen LogP contribution in [0.15, 0.2) is 12.3 Å². The number of alkyl halides is 3. The van der Waals surface area contributed by atoms with Crippen molar-refractivity contribution in [3.63, 3.8) is 0 Å². The topological polar surface area (TPSA) is 96.2 Å². The Kier molecular flexibility index (Phi) is 8.00. The number of nitrogens with one attached hydrogen (secondary N) is 1. The zero-order valence-corrected chi connectivity index (χ0v) is 21.6. The fraction of sp³-hybridized carbons (Fsp3) is 0.630. The van der Waals surface area contributed by atoms with Gasteiger partial charge in [0.25, 0.3) is 0 Å². The van der Waals surface area contributed by atoms with Crippen LogP contribution in [0.2, 0.25) is 0 Å². The highest BCUT2D eigenvalue weighted by Crippen LogP contribution is 2.43. The molecule has 2 saturated heterocycles. The number of halogens is 3. The van der Waals surface area contributed by atoms with Gasteiger partial charge >= 0.3 is 6.18 Å². The average molecular weight is 531 g/mol. The molecule has 0 bridgehead atoms. The van der Waals surface area contributed by atoms with Crippen LogP contribution in [0.3, 0.4) is 0 Å². The first kappa shape index (κ1) is 26.6. The first-order valence-electron chi connectivity index (χ1n) is 13.4. The van der Waals surface area contributed by atoms with Crippen molar-refractivity contribution in [2.45, 2.75) is 51.1 Å².